The number of benzene rings is 1. The maximum atomic E-state index is 9.38. The highest BCUT2D eigenvalue weighted by Crippen LogP contribution is 2.45. The molecule has 0 aliphatic heterocycles. The number of nitrogens with one attached hydrogen (secondary N) is 1. The van der Waals surface area contributed by atoms with Crippen molar-refractivity contribution in [2.24, 2.45) is 5.92 Å². The number of aliphatic hydroxyl groups excluding tert-OH is 1. The molecule has 2 aromatic heterocycles. The Morgan fingerprint density at radius 3 is 2.89 bits per heavy atom. The van der Waals surface area contributed by atoms with Gasteiger partial charge in [-0.05, 0) is 36.8 Å². The van der Waals surface area contributed by atoms with E-state index in [-0.39, 0.29) is 18.6 Å². The number of anilines is 3. The molecule has 0 amide bonds. The van der Waals surface area contributed by atoms with Gasteiger partial charge < -0.3 is 20.7 Å². The summed E-state index contributed by atoms with van der Waals surface area (Å²) in [6, 6.07) is 6.17. The van der Waals surface area contributed by atoms with Crippen LogP contribution < -0.4 is 11.1 Å². The Balaban J connectivity index is 1.49. The van der Waals surface area contributed by atoms with Crippen LogP contribution in [0, 0.1) is 5.92 Å². The first kappa shape index (κ1) is 16.3. The highest BCUT2D eigenvalue weighted by Gasteiger charge is 2.27. The lowest BCUT2D eigenvalue weighted by atomic mass is 10.1. The maximum absolute atomic E-state index is 9.38. The van der Waals surface area contributed by atoms with Gasteiger partial charge in [0.1, 0.15) is 5.52 Å². The molecule has 0 bridgehead atoms. The van der Waals surface area contributed by atoms with E-state index in [9.17, 15) is 5.11 Å². The van der Waals surface area contributed by atoms with E-state index in [1.807, 2.05) is 16.7 Å². The normalized spacial score (nSPS) is 21.8. The second-order valence-electron chi connectivity index (χ2n) is 7.40. The van der Waals surface area contributed by atoms with E-state index in [0.717, 1.165) is 23.3 Å². The number of fused-ring (bicyclic) bond motifs is 1. The predicted molar refractivity (Wildman–Crippen MR) is 105 cm³/mol. The van der Waals surface area contributed by atoms with Gasteiger partial charge in [0.25, 0.3) is 0 Å². The van der Waals surface area contributed by atoms with Crippen LogP contribution in [0.15, 0.2) is 42.9 Å². The molecule has 1 saturated carbocycles. The molecule has 2 aliphatic carbocycles. The summed E-state index contributed by atoms with van der Waals surface area (Å²) in [5.74, 6) is 1.28. The van der Waals surface area contributed by atoms with Crippen LogP contribution in [0.2, 0.25) is 0 Å². The van der Waals surface area contributed by atoms with Gasteiger partial charge in [0.05, 0.1) is 29.9 Å². The van der Waals surface area contributed by atoms with E-state index in [2.05, 4.69) is 33.5 Å². The van der Waals surface area contributed by atoms with Crippen LogP contribution >= 0.6 is 0 Å². The van der Waals surface area contributed by atoms with Crippen molar-refractivity contribution in [2.45, 2.75) is 31.2 Å². The van der Waals surface area contributed by atoms with Crippen LogP contribution in [0.4, 0.5) is 17.3 Å². The fraction of sp³-hybridized carbons (Fsp3) is 0.350. The van der Waals surface area contributed by atoms with Crippen molar-refractivity contribution in [2.75, 3.05) is 17.7 Å². The first-order valence-corrected chi connectivity index (χ1v) is 9.37. The summed E-state index contributed by atoms with van der Waals surface area (Å²) in [6.45, 7) is 0.165. The van der Waals surface area contributed by atoms with Crippen molar-refractivity contribution in [1.82, 2.24) is 19.5 Å². The number of aliphatic hydroxyl groups is 1. The second-order valence-corrected chi connectivity index (χ2v) is 7.40. The van der Waals surface area contributed by atoms with Gasteiger partial charge in [-0.15, -0.1) is 0 Å². The molecule has 0 saturated heterocycles. The zero-order valence-corrected chi connectivity index (χ0v) is 14.9. The van der Waals surface area contributed by atoms with Crippen molar-refractivity contribution >= 4 is 28.5 Å². The zero-order chi connectivity index (χ0) is 18.4. The molecular weight excluding hydrogens is 340 g/mol. The standard InChI is InChI=1S/C20H22N6O/c21-16-3-1-2-15(13-5-6-13)18(16)24-20-22-9-17-19(25-20)26(11-23-17)14-7-4-12(8-14)10-27/h1-4,7,9,11-14,27H,5-6,8,10,21H2,(H,22,24,25)/t12-,14+/m1/s1. The third kappa shape index (κ3) is 2.94. The lowest BCUT2D eigenvalue weighted by molar-refractivity contribution is 0.244. The molecule has 27 heavy (non-hydrogen) atoms. The minimum absolute atomic E-state index is 0.152. The Kier molecular flexibility index (Phi) is 3.82. The smallest absolute Gasteiger partial charge is 0.229 e. The lowest BCUT2D eigenvalue weighted by Crippen LogP contribution is -2.09. The fourth-order valence-corrected chi connectivity index (χ4v) is 3.80. The van der Waals surface area contributed by atoms with Gasteiger partial charge in [-0.1, -0.05) is 24.3 Å². The monoisotopic (exact) mass is 362 g/mol. The summed E-state index contributed by atoms with van der Waals surface area (Å²) in [5, 5.41) is 12.7. The van der Waals surface area contributed by atoms with E-state index >= 15 is 0 Å². The highest BCUT2D eigenvalue weighted by atomic mass is 16.3. The van der Waals surface area contributed by atoms with Gasteiger partial charge in [0.2, 0.25) is 5.95 Å². The molecule has 2 heterocycles. The molecule has 2 atom stereocenters. The van der Waals surface area contributed by atoms with Gasteiger partial charge in [0.15, 0.2) is 5.65 Å². The van der Waals surface area contributed by atoms with Crippen LogP contribution in [-0.4, -0.2) is 31.2 Å². The van der Waals surface area contributed by atoms with E-state index < -0.39 is 0 Å². The number of aromatic nitrogens is 4. The number of hydrogen-bond acceptors (Lipinski definition) is 6. The first-order chi connectivity index (χ1) is 13.2. The van der Waals surface area contributed by atoms with Crippen LogP contribution in [-0.2, 0) is 0 Å². The molecule has 0 unspecified atom stereocenters. The summed E-state index contributed by atoms with van der Waals surface area (Å²) in [6.07, 6.45) is 11.0. The Morgan fingerprint density at radius 2 is 2.11 bits per heavy atom. The molecule has 7 heteroatoms. The number of hydrogen-bond donors (Lipinski definition) is 3. The molecule has 7 nitrogen and oxygen atoms in total. The number of imidazole rings is 1. The van der Waals surface area contributed by atoms with Crippen LogP contribution in [0.5, 0.6) is 0 Å². The van der Waals surface area contributed by atoms with Crippen molar-refractivity contribution in [3.05, 3.63) is 48.4 Å². The quantitative estimate of drug-likeness (QED) is 0.476. The van der Waals surface area contributed by atoms with Crippen molar-refractivity contribution in [1.29, 1.82) is 0 Å². The van der Waals surface area contributed by atoms with E-state index in [1.54, 1.807) is 12.5 Å². The molecule has 138 valence electrons. The Labute approximate surface area is 157 Å². The highest BCUT2D eigenvalue weighted by molar-refractivity contribution is 5.77. The van der Waals surface area contributed by atoms with E-state index in [0.29, 0.717) is 17.6 Å². The zero-order valence-electron chi connectivity index (χ0n) is 14.9. The van der Waals surface area contributed by atoms with E-state index in [1.165, 1.54) is 18.4 Å². The third-order valence-electron chi connectivity index (χ3n) is 5.44. The first-order valence-electron chi connectivity index (χ1n) is 9.37. The summed E-state index contributed by atoms with van der Waals surface area (Å²) in [4.78, 5) is 13.6. The molecule has 2 aliphatic rings. The molecule has 1 fully saturated rings. The average molecular weight is 362 g/mol. The summed E-state index contributed by atoms with van der Waals surface area (Å²) >= 11 is 0. The molecule has 0 spiro atoms. The lowest BCUT2D eigenvalue weighted by Gasteiger charge is -2.14. The summed E-state index contributed by atoms with van der Waals surface area (Å²) in [5.41, 5.74) is 10.6. The Bertz CT molecular complexity index is 1020. The number of allylic oxidation sites excluding steroid dienone is 1. The number of nitrogens with zero attached hydrogens (tertiary/aromatic N) is 4. The van der Waals surface area contributed by atoms with Gasteiger partial charge in [-0.3, -0.25) is 0 Å². The van der Waals surface area contributed by atoms with Gasteiger partial charge in [-0.2, -0.15) is 4.98 Å². The molecule has 5 rings (SSSR count). The SMILES string of the molecule is Nc1cccc(C2CC2)c1Nc1ncc2ncn([C@H]3C=C[C@@H](CO)C3)c2n1. The maximum Gasteiger partial charge on any atom is 0.229 e. The number of para-hydroxylation sites is 1. The van der Waals surface area contributed by atoms with Crippen LogP contribution in [0.25, 0.3) is 11.2 Å². The second kappa shape index (κ2) is 6.35. The van der Waals surface area contributed by atoms with Crippen molar-refractivity contribution in [3.63, 3.8) is 0 Å². The van der Waals surface area contributed by atoms with Gasteiger partial charge in [-0.25, -0.2) is 9.97 Å². The van der Waals surface area contributed by atoms with Crippen LogP contribution in [0.1, 0.15) is 36.8 Å². The van der Waals surface area contributed by atoms with Crippen molar-refractivity contribution < 1.29 is 5.11 Å². The van der Waals surface area contributed by atoms with Gasteiger partial charge in [0, 0.05) is 12.5 Å². The van der Waals surface area contributed by atoms with E-state index in [4.69, 9.17) is 10.7 Å². The molecule has 3 aromatic rings. The molecule has 4 N–H and O–H groups in total. The predicted octanol–water partition coefficient (Wildman–Crippen LogP) is 3.14. The number of nitrogens with two attached hydrogens (primary N) is 1. The van der Waals surface area contributed by atoms with Gasteiger partial charge >= 0.3 is 0 Å². The van der Waals surface area contributed by atoms with Crippen molar-refractivity contribution in [3.8, 4) is 0 Å². The Morgan fingerprint density at radius 1 is 1.22 bits per heavy atom. The minimum atomic E-state index is 0.152. The summed E-state index contributed by atoms with van der Waals surface area (Å²) in [7, 11) is 0. The Hall–Kier alpha value is -2.93. The average Bonchev–Trinajstić information content (AvgIpc) is 3.26. The molecule has 1 aromatic carbocycles. The molecular formula is C20H22N6O. The largest absolute Gasteiger partial charge is 0.397 e. The summed E-state index contributed by atoms with van der Waals surface area (Å²) < 4.78 is 2.05. The topological polar surface area (TPSA) is 102 Å². The number of rotatable bonds is 5. The third-order valence-corrected chi connectivity index (χ3v) is 5.44. The fourth-order valence-electron chi connectivity index (χ4n) is 3.80. The van der Waals surface area contributed by atoms with Crippen LogP contribution in [0.3, 0.4) is 0 Å². The molecule has 0 radical (unpaired) electrons. The minimum Gasteiger partial charge on any atom is -0.397 e. The number of nitrogen functional groups attached to an aromatic ring is 1.